The highest BCUT2D eigenvalue weighted by atomic mass is 16.5. The predicted molar refractivity (Wildman–Crippen MR) is 81.1 cm³/mol. The molecule has 0 radical (unpaired) electrons. The minimum atomic E-state index is -0.151. The lowest BCUT2D eigenvalue weighted by Gasteiger charge is -2.10. The first-order valence-corrected chi connectivity index (χ1v) is 6.76. The highest BCUT2D eigenvalue weighted by Gasteiger charge is 2.05. The third-order valence-electron chi connectivity index (χ3n) is 3.07. The Kier molecular flexibility index (Phi) is 4.77. The van der Waals surface area contributed by atoms with Crippen molar-refractivity contribution in [1.29, 1.82) is 0 Å². The van der Waals surface area contributed by atoms with Gasteiger partial charge in [-0.25, -0.2) is 0 Å². The van der Waals surface area contributed by atoms with E-state index in [0.29, 0.717) is 0 Å². The first-order valence-electron chi connectivity index (χ1n) is 6.76. The number of benzene rings is 2. The summed E-state index contributed by atoms with van der Waals surface area (Å²) < 4.78 is 5.52. The van der Waals surface area contributed by atoms with Gasteiger partial charge in [0.15, 0.2) is 6.61 Å². The van der Waals surface area contributed by atoms with Crippen LogP contribution in [0.15, 0.2) is 48.5 Å². The number of para-hydroxylation sites is 1. The second-order valence-corrected chi connectivity index (χ2v) is 4.66. The van der Waals surface area contributed by atoms with Crippen molar-refractivity contribution in [2.45, 2.75) is 20.3 Å². The van der Waals surface area contributed by atoms with Crippen LogP contribution in [0.2, 0.25) is 0 Å². The summed E-state index contributed by atoms with van der Waals surface area (Å²) in [6.45, 7) is 4.06. The van der Waals surface area contributed by atoms with Crippen LogP contribution in [0.3, 0.4) is 0 Å². The average Bonchev–Trinajstić information content (AvgIpc) is 2.46. The summed E-state index contributed by atoms with van der Waals surface area (Å²) in [4.78, 5) is 11.9. The van der Waals surface area contributed by atoms with Crippen LogP contribution < -0.4 is 10.1 Å². The lowest BCUT2D eigenvalue weighted by molar-refractivity contribution is -0.118. The Bertz CT molecular complexity index is 593. The molecule has 104 valence electrons. The smallest absolute Gasteiger partial charge is 0.262 e. The molecule has 0 spiro atoms. The Morgan fingerprint density at radius 1 is 1.15 bits per heavy atom. The molecule has 0 fully saturated rings. The zero-order valence-electron chi connectivity index (χ0n) is 11.8. The number of hydrogen-bond donors (Lipinski definition) is 1. The molecule has 0 saturated carbocycles. The van der Waals surface area contributed by atoms with E-state index in [1.807, 2.05) is 55.5 Å². The summed E-state index contributed by atoms with van der Waals surface area (Å²) in [6.07, 6.45) is 0.948. The lowest BCUT2D eigenvalue weighted by Crippen LogP contribution is -2.20. The van der Waals surface area contributed by atoms with Gasteiger partial charge in [-0.3, -0.25) is 4.79 Å². The van der Waals surface area contributed by atoms with Gasteiger partial charge < -0.3 is 10.1 Å². The molecule has 1 amide bonds. The van der Waals surface area contributed by atoms with Crippen LogP contribution in [-0.4, -0.2) is 12.5 Å². The molecule has 20 heavy (non-hydrogen) atoms. The maximum Gasteiger partial charge on any atom is 0.262 e. The number of anilines is 1. The van der Waals surface area contributed by atoms with Crippen molar-refractivity contribution >= 4 is 11.6 Å². The second-order valence-electron chi connectivity index (χ2n) is 4.66. The van der Waals surface area contributed by atoms with Gasteiger partial charge in [0.1, 0.15) is 5.75 Å². The van der Waals surface area contributed by atoms with Gasteiger partial charge in [-0.05, 0) is 42.7 Å². The Balaban J connectivity index is 1.91. The normalized spacial score (nSPS) is 10.1. The third-order valence-corrected chi connectivity index (χ3v) is 3.07. The number of rotatable bonds is 5. The van der Waals surface area contributed by atoms with Crippen LogP contribution in [0.5, 0.6) is 5.75 Å². The number of nitrogens with one attached hydrogen (secondary N) is 1. The summed E-state index contributed by atoms with van der Waals surface area (Å²) in [5.74, 6) is 0.589. The van der Waals surface area contributed by atoms with E-state index in [2.05, 4.69) is 12.2 Å². The molecule has 0 aliphatic carbocycles. The Hall–Kier alpha value is -2.29. The monoisotopic (exact) mass is 269 g/mol. The second kappa shape index (κ2) is 6.75. The summed E-state index contributed by atoms with van der Waals surface area (Å²) in [5.41, 5.74) is 3.03. The molecule has 3 heteroatoms. The molecule has 0 atom stereocenters. The predicted octanol–water partition coefficient (Wildman–Crippen LogP) is 3.57. The molecule has 2 aromatic carbocycles. The molecule has 3 nitrogen and oxygen atoms in total. The number of aryl methyl sites for hydroxylation is 2. The van der Waals surface area contributed by atoms with Crippen molar-refractivity contribution in [2.24, 2.45) is 0 Å². The fraction of sp³-hybridized carbons (Fsp3) is 0.235. The highest BCUT2D eigenvalue weighted by Crippen LogP contribution is 2.16. The van der Waals surface area contributed by atoms with Gasteiger partial charge in [-0.2, -0.15) is 0 Å². The Morgan fingerprint density at radius 2 is 1.95 bits per heavy atom. The summed E-state index contributed by atoms with van der Waals surface area (Å²) in [7, 11) is 0. The van der Waals surface area contributed by atoms with E-state index in [1.54, 1.807) is 0 Å². The molecule has 0 heterocycles. The molecule has 0 unspecified atom stereocenters. The molecule has 2 rings (SSSR count). The van der Waals surface area contributed by atoms with Crippen molar-refractivity contribution in [1.82, 2.24) is 0 Å². The molecule has 0 aliphatic rings. The molecule has 0 bridgehead atoms. The van der Waals surface area contributed by atoms with Crippen LogP contribution >= 0.6 is 0 Å². The van der Waals surface area contributed by atoms with Crippen LogP contribution in [0.4, 0.5) is 5.69 Å². The molecular weight excluding hydrogens is 250 g/mol. The molecule has 0 saturated heterocycles. The van der Waals surface area contributed by atoms with E-state index in [9.17, 15) is 4.79 Å². The standard InChI is InChI=1S/C17H19NO2/c1-3-14-8-6-9-15(11-14)18-17(19)12-20-16-10-5-4-7-13(16)2/h4-11H,3,12H2,1-2H3,(H,18,19). The number of hydrogen-bond acceptors (Lipinski definition) is 2. The zero-order valence-corrected chi connectivity index (χ0v) is 11.8. The first kappa shape index (κ1) is 14.1. The summed E-state index contributed by atoms with van der Waals surface area (Å²) >= 11 is 0. The van der Waals surface area contributed by atoms with Crippen molar-refractivity contribution in [2.75, 3.05) is 11.9 Å². The van der Waals surface area contributed by atoms with E-state index in [0.717, 1.165) is 23.4 Å². The van der Waals surface area contributed by atoms with Crippen molar-refractivity contribution in [3.63, 3.8) is 0 Å². The number of ether oxygens (including phenoxy) is 1. The summed E-state index contributed by atoms with van der Waals surface area (Å²) in [5, 5.41) is 2.84. The van der Waals surface area contributed by atoms with Crippen molar-refractivity contribution in [3.8, 4) is 5.75 Å². The molecule has 2 aromatic rings. The maximum absolute atomic E-state index is 11.9. The molecular formula is C17H19NO2. The highest BCUT2D eigenvalue weighted by molar-refractivity contribution is 5.91. The van der Waals surface area contributed by atoms with Gasteiger partial charge in [0, 0.05) is 5.69 Å². The van der Waals surface area contributed by atoms with E-state index < -0.39 is 0 Å². The van der Waals surface area contributed by atoms with Gasteiger partial charge in [-0.15, -0.1) is 0 Å². The van der Waals surface area contributed by atoms with E-state index in [-0.39, 0.29) is 12.5 Å². The van der Waals surface area contributed by atoms with Gasteiger partial charge in [-0.1, -0.05) is 37.3 Å². The zero-order chi connectivity index (χ0) is 14.4. The summed E-state index contributed by atoms with van der Waals surface area (Å²) in [6, 6.07) is 15.5. The first-order chi connectivity index (χ1) is 9.69. The van der Waals surface area contributed by atoms with Crippen LogP contribution in [0.1, 0.15) is 18.1 Å². The van der Waals surface area contributed by atoms with Gasteiger partial charge in [0.25, 0.3) is 5.91 Å². The largest absolute Gasteiger partial charge is 0.483 e. The van der Waals surface area contributed by atoms with E-state index >= 15 is 0 Å². The average molecular weight is 269 g/mol. The van der Waals surface area contributed by atoms with E-state index in [1.165, 1.54) is 5.56 Å². The lowest BCUT2D eigenvalue weighted by atomic mass is 10.1. The minimum Gasteiger partial charge on any atom is -0.483 e. The number of amides is 1. The Labute approximate surface area is 119 Å². The molecule has 1 N–H and O–H groups in total. The van der Waals surface area contributed by atoms with Crippen LogP contribution in [0, 0.1) is 6.92 Å². The minimum absolute atomic E-state index is 0.0151. The number of carbonyl (C=O) groups excluding carboxylic acids is 1. The number of carbonyl (C=O) groups is 1. The van der Waals surface area contributed by atoms with Crippen LogP contribution in [-0.2, 0) is 11.2 Å². The topological polar surface area (TPSA) is 38.3 Å². The van der Waals surface area contributed by atoms with Gasteiger partial charge in [0.2, 0.25) is 0 Å². The Morgan fingerprint density at radius 3 is 2.70 bits per heavy atom. The fourth-order valence-electron chi connectivity index (χ4n) is 1.93. The quantitative estimate of drug-likeness (QED) is 0.901. The van der Waals surface area contributed by atoms with Gasteiger partial charge >= 0.3 is 0 Å². The SMILES string of the molecule is CCc1cccc(NC(=O)COc2ccccc2C)c1. The van der Waals surface area contributed by atoms with Crippen molar-refractivity contribution in [3.05, 3.63) is 59.7 Å². The van der Waals surface area contributed by atoms with Crippen LogP contribution in [0.25, 0.3) is 0 Å². The third kappa shape index (κ3) is 3.85. The van der Waals surface area contributed by atoms with E-state index in [4.69, 9.17) is 4.74 Å². The fourth-order valence-corrected chi connectivity index (χ4v) is 1.93. The van der Waals surface area contributed by atoms with Gasteiger partial charge in [0.05, 0.1) is 0 Å². The van der Waals surface area contributed by atoms with Crippen molar-refractivity contribution < 1.29 is 9.53 Å². The maximum atomic E-state index is 11.9. The molecule has 0 aromatic heterocycles. The molecule has 0 aliphatic heterocycles.